The summed E-state index contributed by atoms with van der Waals surface area (Å²) in [5.74, 6) is -6.29. The number of halogens is 12. The van der Waals surface area contributed by atoms with Gasteiger partial charge >= 0.3 is 7.12 Å². The zero-order valence-corrected chi connectivity index (χ0v) is 91.7. The number of rotatable bonds is 18. The second kappa shape index (κ2) is 48.1. The van der Waals surface area contributed by atoms with Gasteiger partial charge in [-0.2, -0.15) is 5.10 Å². The average Bonchev–Trinajstić information content (AvgIpc) is 1.66. The first-order valence-electron chi connectivity index (χ1n) is 44.8. The predicted molar refractivity (Wildman–Crippen MR) is 564 cm³/mol. The van der Waals surface area contributed by atoms with Gasteiger partial charge in [0.2, 0.25) is 0 Å². The standard InChI is InChI=1S/C18H16BrF2NO3.C18H16BrF2NO2.C16H28BN3O2.2C13H9BrN2O2S.C9H8BrN.C9H8F2O3.C8H6BrN/c1-8-4-11-10(5-9(19)7-22-11)14(8)18(23)15-16(20)12(24-2)6-13(25-3)17(15)21;1-9-4-14-12(5-10(19)8-22-14)11(9)6-13-17(20)15(23-2)7-16(24-3)18(13)21;1-6-19-9-7-14(8-10-19)20-12-13(11-18-20)17-21-15(2,3)16(4,5)22-17;2*14-11-8-10-6-7-16(13(10)15-9-11)19(17,18)12-4-2-1-3-5-12;1-6-2-7-4-8(10)5-11-9(7)3-6;1-13-6-3-7(14-2)9(11)5(4-12)8(6)10;9-7-4-6-2-1-3-8(6)10-5-7/h5-7,18,23H,4H2,1-3H3;5,7-8H,4,6H2,1-3H3;11-12,14H,6-10H2,1-5H3;2*1-9H;2,4-5H,3H2,1H3;3-4H,1-2H3;1-2,4-5H,3H2. The highest BCUT2D eigenvalue weighted by molar-refractivity contribution is 9.11. The van der Waals surface area contributed by atoms with Crippen LogP contribution < -0.4 is 33.9 Å². The molecule has 144 heavy (non-hydrogen) atoms. The lowest BCUT2D eigenvalue weighted by Crippen LogP contribution is -2.41. The van der Waals surface area contributed by atoms with Gasteiger partial charge in [-0.15, -0.1) is 0 Å². The van der Waals surface area contributed by atoms with Crippen LogP contribution in [0.2, 0.25) is 0 Å². The van der Waals surface area contributed by atoms with E-state index in [0.717, 1.165) is 121 Å². The Bertz CT molecular complexity index is 7240. The molecule has 2 fully saturated rings. The zero-order valence-electron chi connectivity index (χ0n) is 80.5. The number of aliphatic hydroxyl groups excluding tert-OH is 1. The molecule has 9 aromatic heterocycles. The van der Waals surface area contributed by atoms with Gasteiger partial charge in [0.25, 0.3) is 20.0 Å². The van der Waals surface area contributed by atoms with E-state index in [0.29, 0.717) is 41.3 Å². The van der Waals surface area contributed by atoms with Crippen LogP contribution in [-0.4, -0.2) is 161 Å². The number of ether oxygens (including phenoxy) is 6. The molecule has 0 bridgehead atoms. The number of carbonyl (C=O) groups is 1. The molecule has 754 valence electrons. The SMILES string of the molecule is Brc1cnc2c(c1)C=CC2.CC1=Cc2cc(Br)cnc2C1.CCN1CCC(n2cc(B3OC(C)(C)C(C)(C)O3)cn2)CC1.COc1cc(OC)c(F)c(C(O)C2=C(C)Cc3ncc(Br)cc32)c1F.COc1cc(OC)c(F)c(C=O)c1F.COc1cc(OC)c(F)c(CC2=C(C)Cc3ncc(Br)cc32)c1F.O=S(=O)(c1ccccc1)n1ccc2cc(Br)cnc21.O=S(=O)(c1ccccc1)n1ccc2cc(Br)cnc21. The first-order valence-corrected chi connectivity index (χ1v) is 52.5. The topological polar surface area (TPSA) is 288 Å². The van der Waals surface area contributed by atoms with Gasteiger partial charge in [-0.3, -0.25) is 29.4 Å². The first-order chi connectivity index (χ1) is 68.6. The molecule has 40 heteroatoms. The number of pyridine rings is 6. The lowest BCUT2D eigenvalue weighted by atomic mass is 9.82. The molecule has 11 heterocycles. The Morgan fingerprint density at radius 1 is 0.507 bits per heavy atom. The molecule has 2 saturated heterocycles. The molecule has 6 aliphatic rings. The maximum atomic E-state index is 14.7. The summed E-state index contributed by atoms with van der Waals surface area (Å²) >= 11 is 20.1. The number of aromatic nitrogens is 10. The minimum atomic E-state index is -3.60. The molecule has 1 N–H and O–H groups in total. The predicted octanol–water partition coefficient (Wildman–Crippen LogP) is 23.8. The molecule has 1 atom stereocenters. The quantitative estimate of drug-likeness (QED) is 0.0474. The number of aliphatic hydroxyl groups is 1. The molecule has 0 spiro atoms. The fourth-order valence-electron chi connectivity index (χ4n) is 16.4. The molecule has 1 unspecified atom stereocenters. The second-order valence-corrected chi connectivity index (χ2v) is 43.6. The molecule has 0 amide bonds. The smallest absolute Gasteiger partial charge is 0.494 e. The van der Waals surface area contributed by atoms with Crippen LogP contribution in [0.3, 0.4) is 0 Å². The highest BCUT2D eigenvalue weighted by atomic mass is 79.9. The number of nitrogens with zero attached hydrogens (tertiary/aromatic N) is 11. The maximum Gasteiger partial charge on any atom is 0.498 e. The number of fused-ring (bicyclic) bond motifs is 6. The van der Waals surface area contributed by atoms with Gasteiger partial charge in [-0.05, 0) is 259 Å². The fraction of sp³-hybridized carbons (Fsp3) is 0.269. The van der Waals surface area contributed by atoms with Crippen molar-refractivity contribution in [3.8, 4) is 34.5 Å². The monoisotopic (exact) mass is 2390 g/mol. The lowest BCUT2D eigenvalue weighted by molar-refractivity contribution is 0.00578. The van der Waals surface area contributed by atoms with Crippen LogP contribution in [-0.2, 0) is 61.5 Å². The third-order valence-electron chi connectivity index (χ3n) is 24.7. The van der Waals surface area contributed by atoms with Gasteiger partial charge in [0.1, 0.15) is 6.10 Å². The number of piperidine rings is 1. The van der Waals surface area contributed by atoms with Gasteiger partial charge in [0, 0.05) is 185 Å². The van der Waals surface area contributed by atoms with Crippen molar-refractivity contribution in [3.05, 3.63) is 336 Å². The van der Waals surface area contributed by atoms with Gasteiger partial charge in [0.05, 0.1) is 104 Å². The second-order valence-electron chi connectivity index (χ2n) is 34.5. The third kappa shape index (κ3) is 25.1. The molecule has 0 saturated carbocycles. The van der Waals surface area contributed by atoms with Crippen molar-refractivity contribution in [1.29, 1.82) is 0 Å². The summed E-state index contributed by atoms with van der Waals surface area (Å²) in [6, 6.07) is 35.5. The summed E-state index contributed by atoms with van der Waals surface area (Å²) in [4.78, 5) is 39.0. The van der Waals surface area contributed by atoms with E-state index in [2.05, 4.69) is 228 Å². The van der Waals surface area contributed by atoms with Gasteiger partial charge < -0.3 is 47.7 Å². The Kier molecular flexibility index (Phi) is 36.8. The van der Waals surface area contributed by atoms with E-state index in [9.17, 15) is 53.1 Å². The number of hydrogen-bond donors (Lipinski definition) is 1. The van der Waals surface area contributed by atoms with Crippen molar-refractivity contribution in [2.45, 2.75) is 133 Å². The van der Waals surface area contributed by atoms with Crippen LogP contribution >= 0.6 is 95.6 Å². The van der Waals surface area contributed by atoms with Crippen LogP contribution in [0.25, 0.3) is 45.4 Å². The highest BCUT2D eigenvalue weighted by Crippen LogP contribution is 2.47. The first kappa shape index (κ1) is 110. The van der Waals surface area contributed by atoms with E-state index in [-0.39, 0.29) is 80.9 Å². The third-order valence-corrected chi connectivity index (χ3v) is 30.6. The molecule has 0 radical (unpaired) electrons. The summed E-state index contributed by atoms with van der Waals surface area (Å²) in [6.45, 7) is 19.9. The largest absolute Gasteiger partial charge is 0.498 e. The Morgan fingerprint density at radius 2 is 0.924 bits per heavy atom. The zero-order chi connectivity index (χ0) is 104. The summed E-state index contributed by atoms with van der Waals surface area (Å²) < 4.78 is 186. The van der Waals surface area contributed by atoms with Gasteiger partial charge in [-0.25, -0.2) is 61.1 Å². The maximum absolute atomic E-state index is 14.7. The van der Waals surface area contributed by atoms with Crippen LogP contribution in [0.15, 0.2) is 249 Å². The van der Waals surface area contributed by atoms with Crippen molar-refractivity contribution in [2.24, 2.45) is 0 Å². The van der Waals surface area contributed by atoms with Crippen molar-refractivity contribution in [3.63, 3.8) is 0 Å². The van der Waals surface area contributed by atoms with Crippen molar-refractivity contribution >= 4 is 180 Å². The summed E-state index contributed by atoms with van der Waals surface area (Å²) in [5, 5.41) is 17.0. The summed E-state index contributed by atoms with van der Waals surface area (Å²) in [6.07, 6.45) is 27.9. The molecule has 25 nitrogen and oxygen atoms in total. The van der Waals surface area contributed by atoms with E-state index in [4.69, 9.17) is 28.3 Å². The molecule has 20 rings (SSSR count). The van der Waals surface area contributed by atoms with E-state index < -0.39 is 72.2 Å². The minimum Gasteiger partial charge on any atom is -0.494 e. The van der Waals surface area contributed by atoms with Crippen molar-refractivity contribution in [1.82, 2.24) is 52.5 Å². The number of aldehydes is 1. The number of carbonyl (C=O) groups excluding carboxylic acids is 1. The highest BCUT2D eigenvalue weighted by Gasteiger charge is 2.52. The van der Waals surface area contributed by atoms with Crippen LogP contribution in [0.5, 0.6) is 34.5 Å². The van der Waals surface area contributed by atoms with Crippen LogP contribution in [0.1, 0.15) is 147 Å². The van der Waals surface area contributed by atoms with Crippen molar-refractivity contribution in [2.75, 3.05) is 62.3 Å². The fourth-order valence-corrected chi connectivity index (χ4v) is 21.1. The number of likely N-dealkylation sites (tertiary alicyclic amines) is 1. The normalized spacial score (nSPS) is 14.8. The minimum absolute atomic E-state index is 0.0351. The van der Waals surface area contributed by atoms with E-state index in [1.54, 1.807) is 111 Å². The average molecular weight is 2400 g/mol. The van der Waals surface area contributed by atoms with Gasteiger partial charge in [-0.1, -0.05) is 78.3 Å². The Labute approximate surface area is 881 Å². The van der Waals surface area contributed by atoms with Crippen LogP contribution in [0, 0.1) is 34.9 Å². The van der Waals surface area contributed by atoms with Crippen LogP contribution in [0.4, 0.5) is 26.3 Å². The number of allylic oxidation sites excluding steroid dienone is 5. The number of benzene rings is 5. The Morgan fingerprint density at radius 3 is 1.40 bits per heavy atom. The molecule has 14 aromatic rings. The molecule has 5 aromatic carbocycles. The molecule has 4 aliphatic carbocycles. The van der Waals surface area contributed by atoms with E-state index in [1.807, 2.05) is 43.7 Å². The summed E-state index contributed by atoms with van der Waals surface area (Å²) in [7, 11) is 0.141. The van der Waals surface area contributed by atoms with Gasteiger partial charge in [0.15, 0.2) is 87.0 Å². The molecular weight excluding hydrogens is 2300 g/mol. The molecular formula is C104H100BBr6F6N11O14S2. The van der Waals surface area contributed by atoms with E-state index in [1.165, 1.54) is 110 Å². The number of methoxy groups -OCH3 is 6. The Balaban J connectivity index is 0.000000140. The Hall–Kier alpha value is -11.0. The van der Waals surface area contributed by atoms with Crippen molar-refractivity contribution < 1.29 is 90.8 Å². The molecule has 2 aliphatic heterocycles. The van der Waals surface area contributed by atoms with E-state index >= 15 is 0 Å². The lowest BCUT2D eigenvalue weighted by Gasteiger charge is -2.32. The summed E-state index contributed by atoms with van der Waals surface area (Å²) in [5.41, 5.74) is 12.7. The number of hydrogen-bond acceptors (Lipinski definition) is 22.